The van der Waals surface area contributed by atoms with Crippen LogP contribution < -0.4 is 11.1 Å². The molecule has 3 aromatic carbocycles. The largest absolute Gasteiger partial charge is 0.457 e. The van der Waals surface area contributed by atoms with Crippen LogP contribution >= 0.6 is 0 Å². The van der Waals surface area contributed by atoms with Crippen molar-refractivity contribution in [2.24, 2.45) is 5.73 Å². The lowest BCUT2D eigenvalue weighted by Gasteiger charge is -2.16. The van der Waals surface area contributed by atoms with Crippen LogP contribution in [0.4, 0.5) is 5.69 Å². The smallest absolute Gasteiger partial charge is 0.338 e. The fraction of sp³-hybridized carbons (Fsp3) is 0.179. The molecule has 1 amide bonds. The van der Waals surface area contributed by atoms with Crippen LogP contribution in [0.1, 0.15) is 38.5 Å². The van der Waals surface area contributed by atoms with Gasteiger partial charge in [0.2, 0.25) is 5.91 Å². The molecule has 0 saturated heterocycles. The summed E-state index contributed by atoms with van der Waals surface area (Å²) in [6.45, 7) is 4.19. The van der Waals surface area contributed by atoms with E-state index in [-0.39, 0.29) is 25.0 Å². The number of H-pyrrole nitrogens is 1. The molecule has 1 aromatic heterocycles. The lowest BCUT2D eigenvalue weighted by atomic mass is 9.97. The van der Waals surface area contributed by atoms with E-state index in [0.29, 0.717) is 11.3 Å². The Morgan fingerprint density at radius 3 is 2.37 bits per heavy atom. The molecular weight excluding hydrogens is 440 g/mol. The van der Waals surface area contributed by atoms with Gasteiger partial charge < -0.3 is 15.8 Å². The number of nitrogens with zero attached hydrogens (tertiary/aromatic N) is 1. The number of aryl methyl sites for hydroxylation is 2. The number of hydrogen-bond donors (Lipinski definition) is 3. The van der Waals surface area contributed by atoms with Gasteiger partial charge in [-0.1, -0.05) is 54.1 Å². The van der Waals surface area contributed by atoms with Crippen molar-refractivity contribution in [3.8, 4) is 11.1 Å². The second kappa shape index (κ2) is 10.8. The number of nitrogens with one attached hydrogen (secondary N) is 2. The van der Waals surface area contributed by atoms with Crippen LogP contribution in [0.3, 0.4) is 0 Å². The first kappa shape index (κ1) is 23.9. The number of hydrogen-bond acceptors (Lipinski definition) is 5. The molecule has 0 fully saturated rings. The summed E-state index contributed by atoms with van der Waals surface area (Å²) in [7, 11) is 0. The van der Waals surface area contributed by atoms with Crippen LogP contribution in [0.5, 0.6) is 0 Å². The van der Waals surface area contributed by atoms with Crippen LogP contribution in [-0.4, -0.2) is 28.6 Å². The molecule has 7 heteroatoms. The topological polar surface area (TPSA) is 110 Å². The molecule has 0 bridgehead atoms. The lowest BCUT2D eigenvalue weighted by molar-refractivity contribution is -0.117. The van der Waals surface area contributed by atoms with Gasteiger partial charge in [-0.25, -0.2) is 4.79 Å². The number of aromatic amines is 1. The Morgan fingerprint density at radius 1 is 1.00 bits per heavy atom. The van der Waals surface area contributed by atoms with Crippen molar-refractivity contribution in [1.29, 1.82) is 0 Å². The van der Waals surface area contributed by atoms with E-state index in [9.17, 15) is 9.59 Å². The van der Waals surface area contributed by atoms with E-state index in [4.69, 9.17) is 10.5 Å². The fourth-order valence-corrected chi connectivity index (χ4v) is 3.89. The lowest BCUT2D eigenvalue weighted by Crippen LogP contribution is -2.27. The Morgan fingerprint density at radius 2 is 1.74 bits per heavy atom. The minimum absolute atomic E-state index is 0.148. The molecule has 4 rings (SSSR count). The highest BCUT2D eigenvalue weighted by atomic mass is 16.5. The molecule has 0 aliphatic heterocycles. The number of ether oxygens (including phenoxy) is 1. The van der Waals surface area contributed by atoms with Crippen molar-refractivity contribution >= 4 is 17.6 Å². The standard InChI is InChI=1S/C28H28N4O3/c1-18-3-12-25(19(2)13-18)28(34)35-17-20-4-6-22(7-5-20)26(14-29)27(33)32-24-10-8-21(9-11-24)23-15-30-31-16-23/h3-13,15-16,26H,14,17,29H2,1-2H3,(H,30,31)(H,32,33). The molecular formula is C28H28N4O3. The molecule has 0 aliphatic carbocycles. The maximum absolute atomic E-state index is 12.9. The second-order valence-corrected chi connectivity index (χ2v) is 8.48. The van der Waals surface area contributed by atoms with E-state index >= 15 is 0 Å². The highest BCUT2D eigenvalue weighted by molar-refractivity contribution is 5.96. The van der Waals surface area contributed by atoms with E-state index in [0.717, 1.165) is 33.4 Å². The monoisotopic (exact) mass is 468 g/mol. The van der Waals surface area contributed by atoms with E-state index in [2.05, 4.69) is 15.5 Å². The number of rotatable bonds is 8. The van der Waals surface area contributed by atoms with Gasteiger partial charge >= 0.3 is 5.97 Å². The Bertz CT molecular complexity index is 1300. The fourth-order valence-electron chi connectivity index (χ4n) is 3.89. The SMILES string of the molecule is Cc1ccc(C(=O)OCc2ccc(C(CN)C(=O)Nc3ccc(-c4cn[nH]c4)cc3)cc2)c(C)c1. The zero-order valence-electron chi connectivity index (χ0n) is 19.7. The zero-order valence-corrected chi connectivity index (χ0v) is 19.7. The van der Waals surface area contributed by atoms with Crippen molar-refractivity contribution in [3.05, 3.63) is 107 Å². The van der Waals surface area contributed by atoms with E-state index in [1.165, 1.54) is 0 Å². The van der Waals surface area contributed by atoms with Gasteiger partial charge in [0.05, 0.1) is 17.7 Å². The summed E-state index contributed by atoms with van der Waals surface area (Å²) in [5, 5.41) is 9.67. The van der Waals surface area contributed by atoms with Gasteiger partial charge in [0, 0.05) is 24.0 Å². The molecule has 0 radical (unpaired) electrons. The maximum atomic E-state index is 12.9. The predicted molar refractivity (Wildman–Crippen MR) is 136 cm³/mol. The first-order valence-electron chi connectivity index (χ1n) is 11.4. The number of amides is 1. The average Bonchev–Trinajstić information content (AvgIpc) is 3.39. The average molecular weight is 469 g/mol. The number of carbonyl (C=O) groups excluding carboxylic acids is 2. The predicted octanol–water partition coefficient (Wildman–Crippen LogP) is 4.73. The van der Waals surface area contributed by atoms with Gasteiger partial charge in [-0.2, -0.15) is 5.10 Å². The molecule has 35 heavy (non-hydrogen) atoms. The molecule has 4 N–H and O–H groups in total. The number of nitrogens with two attached hydrogens (primary N) is 1. The molecule has 0 aliphatic rings. The van der Waals surface area contributed by atoms with E-state index in [1.807, 2.05) is 80.7 Å². The Hall–Kier alpha value is -4.23. The maximum Gasteiger partial charge on any atom is 0.338 e. The third-order valence-corrected chi connectivity index (χ3v) is 5.89. The van der Waals surface area contributed by atoms with Crippen molar-refractivity contribution < 1.29 is 14.3 Å². The number of aromatic nitrogens is 2. The van der Waals surface area contributed by atoms with Crippen LogP contribution in [0.2, 0.25) is 0 Å². The Balaban J connectivity index is 1.36. The normalized spacial score (nSPS) is 11.6. The summed E-state index contributed by atoms with van der Waals surface area (Å²) in [4.78, 5) is 25.3. The summed E-state index contributed by atoms with van der Waals surface area (Å²) < 4.78 is 5.48. The quantitative estimate of drug-likeness (QED) is 0.324. The molecule has 0 spiro atoms. The van der Waals surface area contributed by atoms with Gasteiger partial charge in [-0.3, -0.25) is 9.89 Å². The van der Waals surface area contributed by atoms with Crippen molar-refractivity contribution in [1.82, 2.24) is 10.2 Å². The molecule has 1 unspecified atom stereocenters. The van der Waals surface area contributed by atoms with E-state index < -0.39 is 5.92 Å². The van der Waals surface area contributed by atoms with Crippen molar-refractivity contribution in [2.45, 2.75) is 26.4 Å². The van der Waals surface area contributed by atoms with Gasteiger partial charge in [0.15, 0.2) is 0 Å². The Kier molecular flexibility index (Phi) is 7.38. The first-order chi connectivity index (χ1) is 16.9. The first-order valence-corrected chi connectivity index (χ1v) is 11.4. The number of carbonyl (C=O) groups is 2. The Labute approximate surface area is 204 Å². The molecule has 7 nitrogen and oxygen atoms in total. The van der Waals surface area contributed by atoms with Gasteiger partial charge in [-0.15, -0.1) is 0 Å². The van der Waals surface area contributed by atoms with Crippen LogP contribution in [0, 0.1) is 13.8 Å². The van der Waals surface area contributed by atoms with Gasteiger partial charge in [0.25, 0.3) is 0 Å². The van der Waals surface area contributed by atoms with Crippen molar-refractivity contribution in [3.63, 3.8) is 0 Å². The minimum atomic E-state index is -0.504. The summed E-state index contributed by atoms with van der Waals surface area (Å²) in [5.74, 6) is -1.04. The highest BCUT2D eigenvalue weighted by Gasteiger charge is 2.19. The zero-order chi connectivity index (χ0) is 24.8. The van der Waals surface area contributed by atoms with Gasteiger partial charge in [0.1, 0.15) is 6.61 Å². The summed E-state index contributed by atoms with van der Waals surface area (Å²) in [6, 6.07) is 20.6. The minimum Gasteiger partial charge on any atom is -0.457 e. The van der Waals surface area contributed by atoms with E-state index in [1.54, 1.807) is 12.3 Å². The highest BCUT2D eigenvalue weighted by Crippen LogP contribution is 2.22. The summed E-state index contributed by atoms with van der Waals surface area (Å²) >= 11 is 0. The van der Waals surface area contributed by atoms with Crippen LogP contribution in [0.25, 0.3) is 11.1 Å². The number of anilines is 1. The van der Waals surface area contributed by atoms with Crippen molar-refractivity contribution in [2.75, 3.05) is 11.9 Å². The number of esters is 1. The molecule has 0 saturated carbocycles. The molecule has 178 valence electrons. The summed E-state index contributed by atoms with van der Waals surface area (Å²) in [6.07, 6.45) is 3.55. The molecule has 4 aromatic rings. The third kappa shape index (κ3) is 5.83. The number of benzene rings is 3. The third-order valence-electron chi connectivity index (χ3n) is 5.89. The van der Waals surface area contributed by atoms with Crippen LogP contribution in [-0.2, 0) is 16.1 Å². The van der Waals surface area contributed by atoms with Gasteiger partial charge in [-0.05, 0) is 54.3 Å². The summed E-state index contributed by atoms with van der Waals surface area (Å²) in [5.41, 5.74) is 12.8. The van der Waals surface area contributed by atoms with Crippen LogP contribution in [0.15, 0.2) is 79.1 Å². The molecule has 1 atom stereocenters. The second-order valence-electron chi connectivity index (χ2n) is 8.48. The molecule has 1 heterocycles.